The van der Waals surface area contributed by atoms with Gasteiger partial charge in [0.15, 0.2) is 0 Å². The van der Waals surface area contributed by atoms with Gasteiger partial charge in [-0.15, -0.1) is 0 Å². The second-order valence-corrected chi connectivity index (χ2v) is 7.79. The van der Waals surface area contributed by atoms with Crippen LogP contribution in [0.25, 0.3) is 0 Å². The maximum absolute atomic E-state index is 12.8. The molecule has 3 aromatic carbocycles. The summed E-state index contributed by atoms with van der Waals surface area (Å²) >= 11 is 0. The number of nitrogens with zero attached hydrogens (tertiary/aromatic N) is 2. The first-order valence-corrected chi connectivity index (χ1v) is 10.7. The summed E-state index contributed by atoms with van der Waals surface area (Å²) < 4.78 is 5.82. The molecule has 4 amide bonds. The molecule has 0 bridgehead atoms. The molecule has 33 heavy (non-hydrogen) atoms. The summed E-state index contributed by atoms with van der Waals surface area (Å²) in [5.41, 5.74) is 3.19. The zero-order chi connectivity index (χ0) is 23.4. The first-order chi connectivity index (χ1) is 16.0. The predicted molar refractivity (Wildman–Crippen MR) is 125 cm³/mol. The summed E-state index contributed by atoms with van der Waals surface area (Å²) in [6.45, 7) is 3.32. The molecule has 0 fully saturated rings. The zero-order valence-electron chi connectivity index (χ0n) is 18.6. The van der Waals surface area contributed by atoms with Crippen LogP contribution in [0.3, 0.4) is 0 Å². The molecule has 0 aliphatic carbocycles. The highest BCUT2D eigenvalue weighted by Crippen LogP contribution is 2.25. The van der Waals surface area contributed by atoms with E-state index < -0.39 is 0 Å². The van der Waals surface area contributed by atoms with Crippen LogP contribution in [0.4, 0.5) is 10.5 Å². The second kappa shape index (κ2) is 9.56. The highest BCUT2D eigenvalue weighted by molar-refractivity contribution is 6.21. The Labute approximate surface area is 192 Å². The molecule has 0 unspecified atom stereocenters. The third-order valence-corrected chi connectivity index (χ3v) is 5.55. The number of carbonyl (C=O) groups is 3. The average molecular weight is 444 g/mol. The number of hydrogen-bond acceptors (Lipinski definition) is 4. The van der Waals surface area contributed by atoms with Crippen LogP contribution in [0, 0.1) is 0 Å². The number of carbonyl (C=O) groups excluding carboxylic acids is 3. The first-order valence-electron chi connectivity index (χ1n) is 10.7. The standard InChI is InChI=1S/C26H25N3O4/c1-3-29(16-18-9-12-21(13-10-18)33-17-19-7-5-4-6-8-19)26(32)27-20-11-14-22-23(15-20)25(31)28(2)24(22)30/h4-15H,3,16-17H2,1-2H3,(H,27,32). The van der Waals surface area contributed by atoms with E-state index in [0.717, 1.165) is 21.8 Å². The number of imide groups is 1. The normalized spacial score (nSPS) is 12.5. The second-order valence-electron chi connectivity index (χ2n) is 7.79. The maximum Gasteiger partial charge on any atom is 0.322 e. The number of benzene rings is 3. The summed E-state index contributed by atoms with van der Waals surface area (Å²) in [5, 5.41) is 2.82. The van der Waals surface area contributed by atoms with Gasteiger partial charge in [0.25, 0.3) is 11.8 Å². The van der Waals surface area contributed by atoms with Gasteiger partial charge in [-0.25, -0.2) is 4.79 Å². The van der Waals surface area contributed by atoms with Gasteiger partial charge in [-0.1, -0.05) is 42.5 Å². The minimum atomic E-state index is -0.368. The number of amides is 4. The Kier molecular flexibility index (Phi) is 6.40. The van der Waals surface area contributed by atoms with Crippen molar-refractivity contribution in [3.63, 3.8) is 0 Å². The van der Waals surface area contributed by atoms with Gasteiger partial charge < -0.3 is 15.0 Å². The molecule has 1 aliphatic heterocycles. The van der Waals surface area contributed by atoms with E-state index >= 15 is 0 Å². The van der Waals surface area contributed by atoms with E-state index in [1.807, 2.05) is 61.5 Å². The molecular formula is C26H25N3O4. The van der Waals surface area contributed by atoms with Crippen molar-refractivity contribution in [1.82, 2.24) is 9.80 Å². The van der Waals surface area contributed by atoms with E-state index in [-0.39, 0.29) is 17.8 Å². The van der Waals surface area contributed by atoms with Gasteiger partial charge in [-0.05, 0) is 48.4 Å². The molecule has 3 aromatic rings. The molecule has 1 N–H and O–H groups in total. The number of urea groups is 1. The quantitative estimate of drug-likeness (QED) is 0.544. The van der Waals surface area contributed by atoms with Gasteiger partial charge in [-0.2, -0.15) is 0 Å². The molecule has 0 saturated heterocycles. The lowest BCUT2D eigenvalue weighted by Gasteiger charge is -2.22. The fourth-order valence-electron chi connectivity index (χ4n) is 3.62. The average Bonchev–Trinajstić information content (AvgIpc) is 3.06. The Morgan fingerprint density at radius 3 is 2.30 bits per heavy atom. The topological polar surface area (TPSA) is 79.0 Å². The Hall–Kier alpha value is -4.13. The fraction of sp³-hybridized carbons (Fsp3) is 0.192. The lowest BCUT2D eigenvalue weighted by molar-refractivity contribution is 0.0693. The largest absolute Gasteiger partial charge is 0.489 e. The van der Waals surface area contributed by atoms with Crippen LogP contribution in [0.5, 0.6) is 5.75 Å². The van der Waals surface area contributed by atoms with Gasteiger partial charge in [0.1, 0.15) is 12.4 Å². The Bertz CT molecular complexity index is 1180. The van der Waals surface area contributed by atoms with E-state index in [0.29, 0.717) is 36.5 Å². The summed E-state index contributed by atoms with van der Waals surface area (Å²) in [7, 11) is 1.44. The molecule has 0 saturated carbocycles. The van der Waals surface area contributed by atoms with E-state index in [4.69, 9.17) is 4.74 Å². The van der Waals surface area contributed by atoms with Crippen molar-refractivity contribution in [1.29, 1.82) is 0 Å². The van der Waals surface area contributed by atoms with Crippen molar-refractivity contribution in [3.05, 3.63) is 95.1 Å². The first kappa shape index (κ1) is 22.1. The van der Waals surface area contributed by atoms with Gasteiger partial charge in [0.2, 0.25) is 0 Å². The van der Waals surface area contributed by atoms with E-state index in [1.54, 1.807) is 23.1 Å². The van der Waals surface area contributed by atoms with Crippen molar-refractivity contribution >= 4 is 23.5 Å². The third kappa shape index (κ3) is 4.87. The Balaban J connectivity index is 1.36. The van der Waals surface area contributed by atoms with Crippen LogP contribution in [-0.2, 0) is 13.2 Å². The number of ether oxygens (including phenoxy) is 1. The smallest absolute Gasteiger partial charge is 0.322 e. The monoisotopic (exact) mass is 443 g/mol. The summed E-state index contributed by atoms with van der Waals surface area (Å²) in [5.74, 6) is 0.0599. The van der Waals surface area contributed by atoms with Gasteiger partial charge >= 0.3 is 6.03 Å². The lowest BCUT2D eigenvalue weighted by atomic mass is 10.1. The molecule has 0 spiro atoms. The molecular weight excluding hydrogens is 418 g/mol. The number of fused-ring (bicyclic) bond motifs is 1. The highest BCUT2D eigenvalue weighted by atomic mass is 16.5. The molecule has 1 heterocycles. The van der Waals surface area contributed by atoms with Crippen molar-refractivity contribution in [2.75, 3.05) is 18.9 Å². The summed E-state index contributed by atoms with van der Waals surface area (Å²) in [6.07, 6.45) is 0. The Morgan fingerprint density at radius 2 is 1.61 bits per heavy atom. The van der Waals surface area contributed by atoms with Crippen LogP contribution in [0.2, 0.25) is 0 Å². The highest BCUT2D eigenvalue weighted by Gasteiger charge is 2.32. The lowest BCUT2D eigenvalue weighted by Crippen LogP contribution is -2.34. The predicted octanol–water partition coefficient (Wildman–Crippen LogP) is 4.55. The third-order valence-electron chi connectivity index (χ3n) is 5.55. The van der Waals surface area contributed by atoms with Crippen LogP contribution < -0.4 is 10.1 Å². The van der Waals surface area contributed by atoms with Gasteiger partial charge in [0.05, 0.1) is 11.1 Å². The number of nitrogens with one attached hydrogen (secondary N) is 1. The van der Waals surface area contributed by atoms with Gasteiger partial charge in [-0.3, -0.25) is 14.5 Å². The number of hydrogen-bond donors (Lipinski definition) is 1. The molecule has 0 radical (unpaired) electrons. The van der Waals surface area contributed by atoms with Crippen LogP contribution >= 0.6 is 0 Å². The maximum atomic E-state index is 12.8. The molecule has 7 heteroatoms. The molecule has 1 aliphatic rings. The fourth-order valence-corrected chi connectivity index (χ4v) is 3.62. The van der Waals surface area contributed by atoms with E-state index in [1.165, 1.54) is 7.05 Å². The summed E-state index contributed by atoms with van der Waals surface area (Å²) in [6, 6.07) is 22.1. The van der Waals surface area contributed by atoms with Crippen LogP contribution in [0.15, 0.2) is 72.8 Å². The van der Waals surface area contributed by atoms with Crippen molar-refractivity contribution in [2.45, 2.75) is 20.1 Å². The molecule has 7 nitrogen and oxygen atoms in total. The molecule has 168 valence electrons. The SMILES string of the molecule is CCN(Cc1ccc(OCc2ccccc2)cc1)C(=O)Nc1ccc2c(c1)C(=O)N(C)C2=O. The molecule has 0 atom stereocenters. The van der Waals surface area contributed by atoms with E-state index in [9.17, 15) is 14.4 Å². The number of anilines is 1. The van der Waals surface area contributed by atoms with Crippen LogP contribution in [0.1, 0.15) is 38.8 Å². The van der Waals surface area contributed by atoms with Crippen molar-refractivity contribution < 1.29 is 19.1 Å². The van der Waals surface area contributed by atoms with Gasteiger partial charge in [0, 0.05) is 25.8 Å². The molecule has 0 aromatic heterocycles. The minimum Gasteiger partial charge on any atom is -0.489 e. The molecule has 4 rings (SSSR count). The Morgan fingerprint density at radius 1 is 0.909 bits per heavy atom. The van der Waals surface area contributed by atoms with Crippen LogP contribution in [-0.4, -0.2) is 41.2 Å². The van der Waals surface area contributed by atoms with E-state index in [2.05, 4.69) is 5.32 Å². The van der Waals surface area contributed by atoms with Crippen molar-refractivity contribution in [2.24, 2.45) is 0 Å². The number of rotatable bonds is 7. The zero-order valence-corrected chi connectivity index (χ0v) is 18.6. The van der Waals surface area contributed by atoms with Crippen molar-refractivity contribution in [3.8, 4) is 5.75 Å². The summed E-state index contributed by atoms with van der Waals surface area (Å²) in [4.78, 5) is 39.8. The minimum absolute atomic E-state index is 0.285.